The van der Waals surface area contributed by atoms with Gasteiger partial charge in [-0.25, -0.2) is 0 Å². The standard InChI is InChI=1S/C11H17NOS/c1-8(12)7-9-10(13-2)5-4-6-11(9)14-3/h4-6,8H,7,12H2,1-3H3. The van der Waals surface area contributed by atoms with Gasteiger partial charge in [-0.3, -0.25) is 0 Å². The molecule has 0 aromatic heterocycles. The van der Waals surface area contributed by atoms with E-state index in [0.29, 0.717) is 0 Å². The fourth-order valence-corrected chi connectivity index (χ4v) is 2.10. The maximum Gasteiger partial charge on any atom is 0.123 e. The molecule has 1 unspecified atom stereocenters. The Balaban J connectivity index is 3.05. The summed E-state index contributed by atoms with van der Waals surface area (Å²) in [6, 6.07) is 6.26. The van der Waals surface area contributed by atoms with Gasteiger partial charge in [0.05, 0.1) is 7.11 Å². The van der Waals surface area contributed by atoms with Crippen molar-refractivity contribution in [2.45, 2.75) is 24.3 Å². The molecule has 1 aromatic carbocycles. The second-order valence-corrected chi connectivity index (χ2v) is 4.17. The van der Waals surface area contributed by atoms with Crippen LogP contribution in [0.3, 0.4) is 0 Å². The van der Waals surface area contributed by atoms with Crippen molar-refractivity contribution < 1.29 is 4.74 Å². The molecule has 0 saturated heterocycles. The van der Waals surface area contributed by atoms with E-state index in [1.54, 1.807) is 18.9 Å². The molecule has 0 aliphatic heterocycles. The van der Waals surface area contributed by atoms with Gasteiger partial charge in [0.2, 0.25) is 0 Å². The van der Waals surface area contributed by atoms with Gasteiger partial charge in [0.15, 0.2) is 0 Å². The molecule has 0 aliphatic rings. The number of hydrogen-bond acceptors (Lipinski definition) is 3. The average molecular weight is 211 g/mol. The predicted octanol–water partition coefficient (Wildman–Crippen LogP) is 2.31. The molecule has 3 heteroatoms. The molecule has 78 valence electrons. The minimum absolute atomic E-state index is 0.164. The Morgan fingerprint density at radius 2 is 2.21 bits per heavy atom. The van der Waals surface area contributed by atoms with Gasteiger partial charge in [0, 0.05) is 16.5 Å². The van der Waals surface area contributed by atoms with Gasteiger partial charge in [-0.05, 0) is 31.7 Å². The van der Waals surface area contributed by atoms with E-state index in [1.165, 1.54) is 10.5 Å². The monoisotopic (exact) mass is 211 g/mol. The highest BCUT2D eigenvalue weighted by Crippen LogP contribution is 2.29. The zero-order valence-corrected chi connectivity index (χ0v) is 9.73. The van der Waals surface area contributed by atoms with Crippen LogP contribution in [0.2, 0.25) is 0 Å². The minimum atomic E-state index is 0.164. The first kappa shape index (κ1) is 11.4. The van der Waals surface area contributed by atoms with Gasteiger partial charge >= 0.3 is 0 Å². The molecule has 0 bridgehead atoms. The summed E-state index contributed by atoms with van der Waals surface area (Å²) in [5, 5.41) is 0. The van der Waals surface area contributed by atoms with Gasteiger partial charge in [0.25, 0.3) is 0 Å². The molecule has 0 saturated carbocycles. The highest BCUT2D eigenvalue weighted by Gasteiger charge is 2.09. The van der Waals surface area contributed by atoms with Gasteiger partial charge in [-0.2, -0.15) is 0 Å². The molecule has 1 aromatic rings. The molecule has 2 nitrogen and oxygen atoms in total. The second-order valence-electron chi connectivity index (χ2n) is 3.32. The lowest BCUT2D eigenvalue weighted by atomic mass is 10.1. The molecular formula is C11H17NOS. The molecule has 1 rings (SSSR count). The Hall–Kier alpha value is -0.670. The van der Waals surface area contributed by atoms with E-state index in [0.717, 1.165) is 12.2 Å². The number of ether oxygens (including phenoxy) is 1. The number of thioether (sulfide) groups is 1. The fourth-order valence-electron chi connectivity index (χ4n) is 1.45. The Bertz CT molecular complexity index is 277. The van der Waals surface area contributed by atoms with E-state index in [9.17, 15) is 0 Å². The number of rotatable bonds is 4. The first-order valence-corrected chi connectivity index (χ1v) is 5.87. The Morgan fingerprint density at radius 3 is 2.71 bits per heavy atom. The average Bonchev–Trinajstić information content (AvgIpc) is 2.17. The third-order valence-electron chi connectivity index (χ3n) is 2.06. The van der Waals surface area contributed by atoms with Crippen molar-refractivity contribution >= 4 is 11.8 Å². The number of nitrogens with two attached hydrogens (primary N) is 1. The summed E-state index contributed by atoms with van der Waals surface area (Å²) in [5.41, 5.74) is 7.03. The molecule has 1 atom stereocenters. The number of benzene rings is 1. The summed E-state index contributed by atoms with van der Waals surface area (Å²) >= 11 is 1.73. The zero-order chi connectivity index (χ0) is 10.6. The van der Waals surface area contributed by atoms with Crippen LogP contribution >= 0.6 is 11.8 Å². The second kappa shape index (κ2) is 5.27. The van der Waals surface area contributed by atoms with Crippen molar-refractivity contribution in [2.75, 3.05) is 13.4 Å². The normalized spacial score (nSPS) is 12.6. The lowest BCUT2D eigenvalue weighted by Crippen LogP contribution is -2.18. The van der Waals surface area contributed by atoms with E-state index < -0.39 is 0 Å². The predicted molar refractivity (Wildman–Crippen MR) is 62.1 cm³/mol. The number of hydrogen-bond donors (Lipinski definition) is 1. The summed E-state index contributed by atoms with van der Waals surface area (Å²) in [7, 11) is 1.70. The molecule has 0 heterocycles. The summed E-state index contributed by atoms with van der Waals surface area (Å²) < 4.78 is 5.32. The Kier molecular flexibility index (Phi) is 4.29. The van der Waals surface area contributed by atoms with Crippen molar-refractivity contribution in [3.8, 4) is 5.75 Å². The molecule has 0 spiro atoms. The van der Waals surface area contributed by atoms with E-state index in [2.05, 4.69) is 12.3 Å². The topological polar surface area (TPSA) is 35.2 Å². The summed E-state index contributed by atoms with van der Waals surface area (Å²) in [5.74, 6) is 0.939. The maximum atomic E-state index is 5.81. The van der Waals surface area contributed by atoms with Crippen molar-refractivity contribution in [3.63, 3.8) is 0 Å². The summed E-state index contributed by atoms with van der Waals surface area (Å²) in [6.45, 7) is 2.01. The lowest BCUT2D eigenvalue weighted by molar-refractivity contribution is 0.406. The molecule has 0 radical (unpaired) electrons. The highest BCUT2D eigenvalue weighted by molar-refractivity contribution is 7.98. The van der Waals surface area contributed by atoms with Gasteiger partial charge in [0.1, 0.15) is 5.75 Å². The summed E-state index contributed by atoms with van der Waals surface area (Å²) in [6.07, 6.45) is 2.93. The quantitative estimate of drug-likeness (QED) is 0.776. The first-order valence-electron chi connectivity index (χ1n) is 4.64. The third kappa shape index (κ3) is 2.66. The Labute approximate surface area is 89.8 Å². The van der Waals surface area contributed by atoms with Gasteiger partial charge in [-0.15, -0.1) is 11.8 Å². The minimum Gasteiger partial charge on any atom is -0.496 e. The van der Waals surface area contributed by atoms with Crippen LogP contribution in [-0.4, -0.2) is 19.4 Å². The molecule has 0 amide bonds. The van der Waals surface area contributed by atoms with E-state index >= 15 is 0 Å². The highest BCUT2D eigenvalue weighted by atomic mass is 32.2. The van der Waals surface area contributed by atoms with Crippen LogP contribution < -0.4 is 10.5 Å². The molecular weight excluding hydrogens is 194 g/mol. The zero-order valence-electron chi connectivity index (χ0n) is 8.91. The SMILES string of the molecule is COc1cccc(SC)c1CC(C)N. The fraction of sp³-hybridized carbons (Fsp3) is 0.455. The van der Waals surface area contributed by atoms with Crippen molar-refractivity contribution in [1.82, 2.24) is 0 Å². The molecule has 0 fully saturated rings. The maximum absolute atomic E-state index is 5.81. The Morgan fingerprint density at radius 1 is 1.50 bits per heavy atom. The van der Waals surface area contributed by atoms with Crippen LogP contribution in [0.25, 0.3) is 0 Å². The van der Waals surface area contributed by atoms with Crippen molar-refractivity contribution in [3.05, 3.63) is 23.8 Å². The van der Waals surface area contributed by atoms with Gasteiger partial charge in [-0.1, -0.05) is 6.07 Å². The van der Waals surface area contributed by atoms with Gasteiger partial charge < -0.3 is 10.5 Å². The van der Waals surface area contributed by atoms with Crippen molar-refractivity contribution in [1.29, 1.82) is 0 Å². The van der Waals surface area contributed by atoms with Crippen LogP contribution in [0, 0.1) is 0 Å². The van der Waals surface area contributed by atoms with Crippen LogP contribution in [0.5, 0.6) is 5.75 Å². The molecule has 0 aliphatic carbocycles. The molecule has 14 heavy (non-hydrogen) atoms. The van der Waals surface area contributed by atoms with Crippen LogP contribution in [0.1, 0.15) is 12.5 Å². The van der Waals surface area contributed by atoms with E-state index in [-0.39, 0.29) is 6.04 Å². The number of methoxy groups -OCH3 is 1. The smallest absolute Gasteiger partial charge is 0.123 e. The van der Waals surface area contributed by atoms with E-state index in [1.807, 2.05) is 19.1 Å². The summed E-state index contributed by atoms with van der Waals surface area (Å²) in [4.78, 5) is 1.25. The van der Waals surface area contributed by atoms with E-state index in [4.69, 9.17) is 10.5 Å². The van der Waals surface area contributed by atoms with Crippen molar-refractivity contribution in [2.24, 2.45) is 5.73 Å². The lowest BCUT2D eigenvalue weighted by Gasteiger charge is -2.14. The van der Waals surface area contributed by atoms with Crippen LogP contribution in [-0.2, 0) is 6.42 Å². The van der Waals surface area contributed by atoms with Crippen LogP contribution in [0.4, 0.5) is 0 Å². The van der Waals surface area contributed by atoms with Crippen LogP contribution in [0.15, 0.2) is 23.1 Å². The third-order valence-corrected chi connectivity index (χ3v) is 2.88. The first-order chi connectivity index (χ1) is 6.69. The molecule has 2 N–H and O–H groups in total. The largest absolute Gasteiger partial charge is 0.496 e.